The van der Waals surface area contributed by atoms with Crippen LogP contribution in [0.25, 0.3) is 10.8 Å². The molecule has 2 aromatic rings. The number of aromatic nitrogens is 1. The van der Waals surface area contributed by atoms with Crippen molar-refractivity contribution in [1.82, 2.24) is 4.98 Å². The SMILES string of the molecule is COc1cc2ccnc(NC(C)CC(C)C)c2cc1OC. The summed E-state index contributed by atoms with van der Waals surface area (Å²) in [5.74, 6) is 2.99. The third kappa shape index (κ3) is 3.57. The van der Waals surface area contributed by atoms with Crippen molar-refractivity contribution in [2.24, 2.45) is 5.92 Å². The maximum Gasteiger partial charge on any atom is 0.161 e. The first-order valence-electron chi connectivity index (χ1n) is 7.32. The van der Waals surface area contributed by atoms with E-state index in [1.54, 1.807) is 14.2 Å². The van der Waals surface area contributed by atoms with E-state index in [0.717, 1.165) is 34.5 Å². The fraction of sp³-hybridized carbons (Fsp3) is 0.471. The highest BCUT2D eigenvalue weighted by Gasteiger charge is 2.12. The Kier molecular flexibility index (Phi) is 4.89. The highest BCUT2D eigenvalue weighted by molar-refractivity contribution is 5.94. The van der Waals surface area contributed by atoms with Crippen molar-refractivity contribution < 1.29 is 9.47 Å². The summed E-state index contributed by atoms with van der Waals surface area (Å²) in [4.78, 5) is 4.48. The number of anilines is 1. The smallest absolute Gasteiger partial charge is 0.161 e. The predicted octanol–water partition coefficient (Wildman–Crippen LogP) is 4.10. The molecule has 2 rings (SSSR count). The summed E-state index contributed by atoms with van der Waals surface area (Å²) in [5, 5.41) is 5.63. The Bertz CT molecular complexity index is 611. The van der Waals surface area contributed by atoms with E-state index in [1.165, 1.54) is 0 Å². The van der Waals surface area contributed by atoms with Gasteiger partial charge in [0.25, 0.3) is 0 Å². The van der Waals surface area contributed by atoms with Gasteiger partial charge >= 0.3 is 0 Å². The van der Waals surface area contributed by atoms with Crippen molar-refractivity contribution in [2.75, 3.05) is 19.5 Å². The fourth-order valence-corrected chi connectivity index (χ4v) is 2.61. The molecule has 0 amide bonds. The lowest BCUT2D eigenvalue weighted by molar-refractivity contribution is 0.356. The number of hydrogen-bond acceptors (Lipinski definition) is 4. The Morgan fingerprint density at radius 1 is 1.10 bits per heavy atom. The Morgan fingerprint density at radius 2 is 1.76 bits per heavy atom. The first-order valence-corrected chi connectivity index (χ1v) is 7.32. The molecule has 0 radical (unpaired) electrons. The van der Waals surface area contributed by atoms with Crippen molar-refractivity contribution in [3.63, 3.8) is 0 Å². The summed E-state index contributed by atoms with van der Waals surface area (Å²) >= 11 is 0. The Balaban J connectivity index is 2.40. The van der Waals surface area contributed by atoms with E-state index in [9.17, 15) is 0 Å². The van der Waals surface area contributed by atoms with Gasteiger partial charge in [-0.05, 0) is 42.8 Å². The number of fused-ring (bicyclic) bond motifs is 1. The van der Waals surface area contributed by atoms with Gasteiger partial charge in [-0.25, -0.2) is 4.98 Å². The minimum atomic E-state index is 0.371. The van der Waals surface area contributed by atoms with Crippen LogP contribution >= 0.6 is 0 Å². The van der Waals surface area contributed by atoms with Crippen LogP contribution in [0.15, 0.2) is 24.4 Å². The van der Waals surface area contributed by atoms with E-state index in [2.05, 4.69) is 31.1 Å². The first kappa shape index (κ1) is 15.4. The predicted molar refractivity (Wildman–Crippen MR) is 87.4 cm³/mol. The van der Waals surface area contributed by atoms with Gasteiger partial charge in [-0.2, -0.15) is 0 Å². The van der Waals surface area contributed by atoms with E-state index in [1.807, 2.05) is 24.4 Å². The zero-order chi connectivity index (χ0) is 15.4. The van der Waals surface area contributed by atoms with Crippen LogP contribution in [-0.4, -0.2) is 25.2 Å². The fourth-order valence-electron chi connectivity index (χ4n) is 2.61. The molecule has 21 heavy (non-hydrogen) atoms. The van der Waals surface area contributed by atoms with Crippen molar-refractivity contribution in [3.05, 3.63) is 24.4 Å². The lowest BCUT2D eigenvalue weighted by Crippen LogP contribution is -2.18. The number of benzene rings is 1. The molecule has 1 heterocycles. The lowest BCUT2D eigenvalue weighted by atomic mass is 10.0. The average Bonchev–Trinajstić information content (AvgIpc) is 2.45. The highest BCUT2D eigenvalue weighted by Crippen LogP contribution is 2.34. The van der Waals surface area contributed by atoms with Gasteiger partial charge in [-0.3, -0.25) is 0 Å². The second-order valence-corrected chi connectivity index (χ2v) is 5.76. The summed E-state index contributed by atoms with van der Waals surface area (Å²) in [6.45, 7) is 6.63. The van der Waals surface area contributed by atoms with E-state index < -0.39 is 0 Å². The topological polar surface area (TPSA) is 43.4 Å². The highest BCUT2D eigenvalue weighted by atomic mass is 16.5. The molecular formula is C17H24N2O2. The maximum atomic E-state index is 5.39. The van der Waals surface area contributed by atoms with E-state index in [-0.39, 0.29) is 0 Å². The minimum absolute atomic E-state index is 0.371. The molecular weight excluding hydrogens is 264 g/mol. The quantitative estimate of drug-likeness (QED) is 0.869. The van der Waals surface area contributed by atoms with E-state index >= 15 is 0 Å². The zero-order valence-corrected chi connectivity index (χ0v) is 13.4. The van der Waals surface area contributed by atoms with Gasteiger partial charge in [0.2, 0.25) is 0 Å². The van der Waals surface area contributed by atoms with Crippen LogP contribution in [0.5, 0.6) is 11.5 Å². The standard InChI is InChI=1S/C17H24N2O2/c1-11(2)8-12(3)19-17-14-10-16(21-5)15(20-4)9-13(14)6-7-18-17/h6-7,9-12H,8H2,1-5H3,(H,18,19). The Labute approximate surface area is 126 Å². The summed E-state index contributed by atoms with van der Waals surface area (Å²) in [6, 6.07) is 6.31. The van der Waals surface area contributed by atoms with Gasteiger partial charge in [0.15, 0.2) is 11.5 Å². The van der Waals surface area contributed by atoms with Gasteiger partial charge in [-0.1, -0.05) is 13.8 Å². The maximum absolute atomic E-state index is 5.39. The van der Waals surface area contributed by atoms with Gasteiger partial charge in [0.05, 0.1) is 14.2 Å². The molecule has 1 atom stereocenters. The molecule has 114 valence electrons. The van der Waals surface area contributed by atoms with Crippen LogP contribution in [0, 0.1) is 5.92 Å². The van der Waals surface area contributed by atoms with E-state index in [4.69, 9.17) is 9.47 Å². The number of methoxy groups -OCH3 is 2. The van der Waals surface area contributed by atoms with Crippen LogP contribution in [0.4, 0.5) is 5.82 Å². The van der Waals surface area contributed by atoms with Crippen LogP contribution in [0.3, 0.4) is 0 Å². The molecule has 1 aromatic carbocycles. The van der Waals surface area contributed by atoms with Gasteiger partial charge in [-0.15, -0.1) is 0 Å². The van der Waals surface area contributed by atoms with Gasteiger partial charge < -0.3 is 14.8 Å². The Morgan fingerprint density at radius 3 is 2.38 bits per heavy atom. The summed E-state index contributed by atoms with van der Waals surface area (Å²) in [6.07, 6.45) is 2.92. The number of pyridine rings is 1. The monoisotopic (exact) mass is 288 g/mol. The van der Waals surface area contributed by atoms with Crippen LogP contribution < -0.4 is 14.8 Å². The molecule has 4 heteroatoms. The molecule has 1 N–H and O–H groups in total. The lowest BCUT2D eigenvalue weighted by Gasteiger charge is -2.18. The molecule has 0 aliphatic carbocycles. The molecule has 0 fully saturated rings. The minimum Gasteiger partial charge on any atom is -0.493 e. The van der Waals surface area contributed by atoms with E-state index in [0.29, 0.717) is 12.0 Å². The number of nitrogens with one attached hydrogen (secondary N) is 1. The zero-order valence-electron chi connectivity index (χ0n) is 13.4. The Hall–Kier alpha value is -1.97. The molecule has 0 saturated carbocycles. The first-order chi connectivity index (χ1) is 10.0. The average molecular weight is 288 g/mol. The van der Waals surface area contributed by atoms with Crippen LogP contribution in [0.1, 0.15) is 27.2 Å². The van der Waals surface area contributed by atoms with Crippen LogP contribution in [0.2, 0.25) is 0 Å². The molecule has 0 spiro atoms. The summed E-state index contributed by atoms with van der Waals surface area (Å²) in [5.41, 5.74) is 0. The molecule has 0 aliphatic rings. The van der Waals surface area contributed by atoms with Crippen LogP contribution in [-0.2, 0) is 0 Å². The molecule has 4 nitrogen and oxygen atoms in total. The molecule has 0 aliphatic heterocycles. The normalized spacial score (nSPS) is 12.5. The third-order valence-corrected chi connectivity index (χ3v) is 3.48. The number of hydrogen-bond donors (Lipinski definition) is 1. The molecule has 0 bridgehead atoms. The van der Waals surface area contributed by atoms with Crippen molar-refractivity contribution in [3.8, 4) is 11.5 Å². The van der Waals surface area contributed by atoms with Gasteiger partial charge in [0.1, 0.15) is 5.82 Å². The van der Waals surface area contributed by atoms with Crippen molar-refractivity contribution >= 4 is 16.6 Å². The summed E-state index contributed by atoms with van der Waals surface area (Å²) in [7, 11) is 3.29. The second-order valence-electron chi connectivity index (χ2n) is 5.76. The number of ether oxygens (including phenoxy) is 2. The molecule has 1 aromatic heterocycles. The van der Waals surface area contributed by atoms with Gasteiger partial charge in [0, 0.05) is 17.6 Å². The van der Waals surface area contributed by atoms with Crippen molar-refractivity contribution in [2.45, 2.75) is 33.2 Å². The largest absolute Gasteiger partial charge is 0.493 e. The second kappa shape index (κ2) is 6.66. The number of nitrogens with zero attached hydrogens (tertiary/aromatic N) is 1. The molecule has 0 saturated heterocycles. The number of rotatable bonds is 6. The molecule has 1 unspecified atom stereocenters. The van der Waals surface area contributed by atoms with Crippen molar-refractivity contribution in [1.29, 1.82) is 0 Å². The summed E-state index contributed by atoms with van der Waals surface area (Å²) < 4.78 is 10.7. The third-order valence-electron chi connectivity index (χ3n) is 3.48.